The molecule has 2 aromatic rings. The van der Waals surface area contributed by atoms with Gasteiger partial charge in [-0.25, -0.2) is 14.2 Å². The van der Waals surface area contributed by atoms with Crippen LogP contribution in [0.5, 0.6) is 0 Å². The van der Waals surface area contributed by atoms with Gasteiger partial charge in [-0.1, -0.05) is 6.07 Å². The van der Waals surface area contributed by atoms with Crippen molar-refractivity contribution in [1.29, 1.82) is 0 Å². The average molecular weight is 246 g/mol. The van der Waals surface area contributed by atoms with Crippen LogP contribution in [-0.4, -0.2) is 18.1 Å². The SMILES string of the molecule is COC(=O)c1ccnc(Nc2cccc(F)c2)c1. The molecular weight excluding hydrogens is 235 g/mol. The van der Waals surface area contributed by atoms with Crippen molar-refractivity contribution in [3.63, 3.8) is 0 Å². The Kier molecular flexibility index (Phi) is 3.52. The van der Waals surface area contributed by atoms with Gasteiger partial charge in [0.2, 0.25) is 0 Å². The van der Waals surface area contributed by atoms with Crippen LogP contribution in [0.15, 0.2) is 42.6 Å². The Morgan fingerprint density at radius 1 is 1.33 bits per heavy atom. The third-order valence-corrected chi connectivity index (χ3v) is 2.28. The van der Waals surface area contributed by atoms with Crippen molar-refractivity contribution in [3.8, 4) is 0 Å². The van der Waals surface area contributed by atoms with Gasteiger partial charge < -0.3 is 10.1 Å². The van der Waals surface area contributed by atoms with Crippen LogP contribution >= 0.6 is 0 Å². The summed E-state index contributed by atoms with van der Waals surface area (Å²) in [5.74, 6) is -0.340. The van der Waals surface area contributed by atoms with Gasteiger partial charge in [-0.15, -0.1) is 0 Å². The van der Waals surface area contributed by atoms with Crippen molar-refractivity contribution in [3.05, 3.63) is 54.0 Å². The van der Waals surface area contributed by atoms with Gasteiger partial charge in [0.15, 0.2) is 0 Å². The summed E-state index contributed by atoms with van der Waals surface area (Å²) in [7, 11) is 1.31. The Balaban J connectivity index is 2.22. The van der Waals surface area contributed by atoms with E-state index in [-0.39, 0.29) is 5.82 Å². The first-order valence-electron chi connectivity index (χ1n) is 5.26. The zero-order chi connectivity index (χ0) is 13.0. The fraction of sp³-hybridized carbons (Fsp3) is 0.0769. The Bertz CT molecular complexity index is 572. The highest BCUT2D eigenvalue weighted by atomic mass is 19.1. The first-order chi connectivity index (χ1) is 8.69. The molecule has 0 spiro atoms. The fourth-order valence-corrected chi connectivity index (χ4v) is 1.46. The molecule has 0 amide bonds. The summed E-state index contributed by atoms with van der Waals surface area (Å²) in [4.78, 5) is 15.4. The number of carbonyl (C=O) groups excluding carboxylic acids is 1. The molecule has 1 N–H and O–H groups in total. The normalized spacial score (nSPS) is 9.89. The minimum atomic E-state index is -0.445. The van der Waals surface area contributed by atoms with Crippen molar-refractivity contribution in [2.45, 2.75) is 0 Å². The second-order valence-electron chi connectivity index (χ2n) is 3.56. The second-order valence-corrected chi connectivity index (χ2v) is 3.56. The van der Waals surface area contributed by atoms with Gasteiger partial charge in [0.1, 0.15) is 11.6 Å². The maximum Gasteiger partial charge on any atom is 0.338 e. The van der Waals surface area contributed by atoms with E-state index in [2.05, 4.69) is 15.0 Å². The van der Waals surface area contributed by atoms with Gasteiger partial charge >= 0.3 is 5.97 Å². The van der Waals surface area contributed by atoms with Crippen LogP contribution in [0.25, 0.3) is 0 Å². The lowest BCUT2D eigenvalue weighted by atomic mass is 10.2. The van der Waals surface area contributed by atoms with Crippen molar-refractivity contribution in [2.75, 3.05) is 12.4 Å². The maximum absolute atomic E-state index is 13.0. The van der Waals surface area contributed by atoms with E-state index >= 15 is 0 Å². The third-order valence-electron chi connectivity index (χ3n) is 2.28. The number of aromatic nitrogens is 1. The molecule has 5 heteroatoms. The minimum absolute atomic E-state index is 0.343. The summed E-state index contributed by atoms with van der Waals surface area (Å²) < 4.78 is 17.6. The monoisotopic (exact) mass is 246 g/mol. The van der Waals surface area contributed by atoms with Crippen LogP contribution in [0, 0.1) is 5.82 Å². The average Bonchev–Trinajstić information content (AvgIpc) is 2.38. The third kappa shape index (κ3) is 2.82. The summed E-state index contributed by atoms with van der Waals surface area (Å²) in [6, 6.07) is 9.06. The number of rotatable bonds is 3. The van der Waals surface area contributed by atoms with Gasteiger partial charge in [0.05, 0.1) is 12.7 Å². The number of ether oxygens (including phenoxy) is 1. The molecule has 0 atom stereocenters. The molecule has 0 aliphatic carbocycles. The molecule has 0 bridgehead atoms. The Hall–Kier alpha value is -2.43. The highest BCUT2D eigenvalue weighted by molar-refractivity contribution is 5.90. The molecule has 0 fully saturated rings. The highest BCUT2D eigenvalue weighted by Crippen LogP contribution is 2.16. The Morgan fingerprint density at radius 2 is 2.17 bits per heavy atom. The largest absolute Gasteiger partial charge is 0.465 e. The molecule has 0 saturated carbocycles. The first kappa shape index (κ1) is 12.0. The van der Waals surface area contributed by atoms with Gasteiger partial charge in [0.25, 0.3) is 0 Å². The predicted octanol–water partition coefficient (Wildman–Crippen LogP) is 2.75. The summed E-state index contributed by atoms with van der Waals surface area (Å²) >= 11 is 0. The number of esters is 1. The number of methoxy groups -OCH3 is 1. The number of carbonyl (C=O) groups is 1. The quantitative estimate of drug-likeness (QED) is 0.846. The molecule has 0 saturated heterocycles. The molecule has 18 heavy (non-hydrogen) atoms. The van der Waals surface area contributed by atoms with E-state index < -0.39 is 5.97 Å². The maximum atomic E-state index is 13.0. The van der Waals surface area contributed by atoms with Crippen LogP contribution in [0.4, 0.5) is 15.9 Å². The number of anilines is 2. The van der Waals surface area contributed by atoms with E-state index in [0.717, 1.165) is 0 Å². The number of pyridine rings is 1. The molecule has 0 aliphatic rings. The summed E-state index contributed by atoms with van der Waals surface area (Å²) in [6.45, 7) is 0. The van der Waals surface area contributed by atoms with Crippen molar-refractivity contribution in [2.24, 2.45) is 0 Å². The smallest absolute Gasteiger partial charge is 0.338 e. The lowest BCUT2D eigenvalue weighted by Gasteiger charge is -2.06. The number of nitrogens with one attached hydrogen (secondary N) is 1. The molecule has 0 aliphatic heterocycles. The van der Waals surface area contributed by atoms with Gasteiger partial charge in [-0.3, -0.25) is 0 Å². The molecule has 4 nitrogen and oxygen atoms in total. The van der Waals surface area contributed by atoms with Gasteiger partial charge in [-0.05, 0) is 30.3 Å². The van der Waals surface area contributed by atoms with E-state index in [1.54, 1.807) is 18.2 Å². The fourth-order valence-electron chi connectivity index (χ4n) is 1.46. The van der Waals surface area contributed by atoms with E-state index in [1.807, 2.05) is 0 Å². The molecule has 1 heterocycles. The van der Waals surface area contributed by atoms with Crippen molar-refractivity contribution >= 4 is 17.5 Å². The van der Waals surface area contributed by atoms with Crippen LogP contribution < -0.4 is 5.32 Å². The lowest BCUT2D eigenvalue weighted by Crippen LogP contribution is -2.03. The molecule has 0 unspecified atom stereocenters. The first-order valence-corrected chi connectivity index (χ1v) is 5.26. The molecule has 92 valence electrons. The number of benzene rings is 1. The number of nitrogens with zero attached hydrogens (tertiary/aromatic N) is 1. The lowest BCUT2D eigenvalue weighted by molar-refractivity contribution is 0.0600. The van der Waals surface area contributed by atoms with E-state index in [0.29, 0.717) is 17.1 Å². The van der Waals surface area contributed by atoms with Crippen LogP contribution in [-0.2, 0) is 4.74 Å². The molecular formula is C13H11FN2O2. The van der Waals surface area contributed by atoms with Crippen molar-refractivity contribution < 1.29 is 13.9 Å². The number of hydrogen-bond acceptors (Lipinski definition) is 4. The van der Waals surface area contributed by atoms with Crippen molar-refractivity contribution in [1.82, 2.24) is 4.98 Å². The molecule has 1 aromatic heterocycles. The van der Waals surface area contributed by atoms with Crippen LogP contribution in [0.1, 0.15) is 10.4 Å². The highest BCUT2D eigenvalue weighted by Gasteiger charge is 2.06. The topological polar surface area (TPSA) is 51.2 Å². The zero-order valence-electron chi connectivity index (χ0n) is 9.68. The standard InChI is InChI=1S/C13H11FN2O2/c1-18-13(17)9-5-6-15-12(7-9)16-11-4-2-3-10(14)8-11/h2-8H,1H3,(H,15,16). The van der Waals surface area contributed by atoms with E-state index in [4.69, 9.17) is 0 Å². The van der Waals surface area contributed by atoms with Gasteiger partial charge in [-0.2, -0.15) is 0 Å². The zero-order valence-corrected chi connectivity index (χ0v) is 9.68. The molecule has 0 radical (unpaired) electrons. The second kappa shape index (κ2) is 5.27. The predicted molar refractivity (Wildman–Crippen MR) is 65.3 cm³/mol. The molecule has 2 rings (SSSR count). The summed E-state index contributed by atoms with van der Waals surface area (Å²) in [6.07, 6.45) is 1.48. The summed E-state index contributed by atoms with van der Waals surface area (Å²) in [5, 5.41) is 2.91. The van der Waals surface area contributed by atoms with Crippen LogP contribution in [0.2, 0.25) is 0 Å². The van der Waals surface area contributed by atoms with E-state index in [1.165, 1.54) is 31.5 Å². The summed E-state index contributed by atoms with van der Waals surface area (Å²) in [5.41, 5.74) is 0.941. The van der Waals surface area contributed by atoms with Crippen LogP contribution in [0.3, 0.4) is 0 Å². The Morgan fingerprint density at radius 3 is 2.89 bits per heavy atom. The Labute approximate surface area is 103 Å². The number of hydrogen-bond donors (Lipinski definition) is 1. The number of halogens is 1. The minimum Gasteiger partial charge on any atom is -0.465 e. The van der Waals surface area contributed by atoms with E-state index in [9.17, 15) is 9.18 Å². The molecule has 1 aromatic carbocycles. The van der Waals surface area contributed by atoms with Gasteiger partial charge in [0, 0.05) is 11.9 Å².